The summed E-state index contributed by atoms with van der Waals surface area (Å²) < 4.78 is 36.3. The summed E-state index contributed by atoms with van der Waals surface area (Å²) in [6, 6.07) is 2.92. The first-order valence-corrected chi connectivity index (χ1v) is 8.94. The summed E-state index contributed by atoms with van der Waals surface area (Å²) in [4.78, 5) is 37.4. The number of halogens is 2. The number of hydrogen-bond acceptors (Lipinski definition) is 5. The molecule has 7 nitrogen and oxygen atoms in total. The molecule has 1 N–H and O–H groups in total. The summed E-state index contributed by atoms with van der Waals surface area (Å²) >= 11 is 0. The van der Waals surface area contributed by atoms with Gasteiger partial charge in [0.25, 0.3) is 5.91 Å². The van der Waals surface area contributed by atoms with Crippen LogP contribution in [0.15, 0.2) is 18.2 Å². The minimum absolute atomic E-state index is 0.0608. The highest BCUT2D eigenvalue weighted by Gasteiger charge is 2.30. The summed E-state index contributed by atoms with van der Waals surface area (Å²) in [6.07, 6.45) is 0.386. The summed E-state index contributed by atoms with van der Waals surface area (Å²) in [7, 11) is 0. The maximum absolute atomic E-state index is 13.1. The third kappa shape index (κ3) is 6.47. The molecule has 0 atom stereocenters. The fraction of sp³-hybridized carbons (Fsp3) is 0.526. The number of nitrogens with zero attached hydrogens (tertiary/aromatic N) is 1. The fourth-order valence-electron chi connectivity index (χ4n) is 2.65. The van der Waals surface area contributed by atoms with Gasteiger partial charge in [-0.15, -0.1) is 0 Å². The average molecular weight is 398 g/mol. The van der Waals surface area contributed by atoms with Crippen molar-refractivity contribution in [3.8, 4) is 0 Å². The fourth-order valence-corrected chi connectivity index (χ4v) is 2.65. The number of hydrogen-bond donors (Lipinski definition) is 1. The van der Waals surface area contributed by atoms with Gasteiger partial charge >= 0.3 is 12.1 Å². The number of anilines is 1. The van der Waals surface area contributed by atoms with E-state index < -0.39 is 47.7 Å². The molecule has 1 fully saturated rings. The Kier molecular flexibility index (Phi) is 6.93. The van der Waals surface area contributed by atoms with Crippen LogP contribution in [0, 0.1) is 17.6 Å². The maximum Gasteiger partial charge on any atom is 0.410 e. The van der Waals surface area contributed by atoms with Crippen LogP contribution in [-0.2, 0) is 19.1 Å². The number of likely N-dealkylation sites (tertiary alicyclic amines) is 1. The molecule has 0 saturated carbocycles. The topological polar surface area (TPSA) is 84.9 Å². The van der Waals surface area contributed by atoms with Gasteiger partial charge in [0.15, 0.2) is 18.2 Å². The Balaban J connectivity index is 1.74. The predicted octanol–water partition coefficient (Wildman–Crippen LogP) is 3.09. The van der Waals surface area contributed by atoms with Gasteiger partial charge in [0.2, 0.25) is 0 Å². The van der Waals surface area contributed by atoms with Crippen LogP contribution in [0.5, 0.6) is 0 Å². The number of carbonyl (C=O) groups is 3. The van der Waals surface area contributed by atoms with E-state index in [0.717, 1.165) is 12.1 Å². The second-order valence-electron chi connectivity index (χ2n) is 7.53. The SMILES string of the molecule is CC(C)(C)OC(=O)N1CCC(C(=O)OCC(=O)Nc2ccc(F)c(F)c2)CC1. The highest BCUT2D eigenvalue weighted by atomic mass is 19.2. The monoisotopic (exact) mass is 398 g/mol. The summed E-state index contributed by atoms with van der Waals surface area (Å²) in [5, 5.41) is 2.32. The third-order valence-corrected chi connectivity index (χ3v) is 4.03. The molecule has 0 aliphatic carbocycles. The zero-order valence-electron chi connectivity index (χ0n) is 16.1. The zero-order chi connectivity index (χ0) is 20.9. The molecule has 1 saturated heterocycles. The molecule has 1 aromatic rings. The van der Waals surface area contributed by atoms with Crippen molar-refractivity contribution >= 4 is 23.7 Å². The predicted molar refractivity (Wildman–Crippen MR) is 96.5 cm³/mol. The number of carbonyl (C=O) groups excluding carboxylic acids is 3. The van der Waals surface area contributed by atoms with Gasteiger partial charge < -0.3 is 19.7 Å². The highest BCUT2D eigenvalue weighted by molar-refractivity contribution is 5.92. The molecule has 9 heteroatoms. The molecule has 1 aromatic carbocycles. The van der Waals surface area contributed by atoms with Gasteiger partial charge in [-0.25, -0.2) is 13.6 Å². The van der Waals surface area contributed by atoms with Crippen LogP contribution in [0.2, 0.25) is 0 Å². The second kappa shape index (κ2) is 8.99. The number of benzene rings is 1. The van der Waals surface area contributed by atoms with Crippen LogP contribution >= 0.6 is 0 Å². The van der Waals surface area contributed by atoms with Crippen molar-refractivity contribution in [1.29, 1.82) is 0 Å². The smallest absolute Gasteiger partial charge is 0.410 e. The summed E-state index contributed by atoms with van der Waals surface area (Å²) in [5.74, 6) is -3.74. The van der Waals surface area contributed by atoms with Gasteiger partial charge in [-0.2, -0.15) is 0 Å². The molecule has 2 amide bonds. The first-order chi connectivity index (χ1) is 13.0. The average Bonchev–Trinajstić information content (AvgIpc) is 2.61. The molecule has 0 radical (unpaired) electrons. The van der Waals surface area contributed by atoms with Gasteiger partial charge in [0.05, 0.1) is 5.92 Å². The van der Waals surface area contributed by atoms with Crippen LogP contribution in [0.1, 0.15) is 33.6 Å². The Hall–Kier alpha value is -2.71. The Labute approximate surface area is 162 Å². The van der Waals surface area contributed by atoms with E-state index in [-0.39, 0.29) is 5.69 Å². The van der Waals surface area contributed by atoms with Crippen molar-refractivity contribution in [3.63, 3.8) is 0 Å². The van der Waals surface area contributed by atoms with Crippen molar-refractivity contribution in [2.45, 2.75) is 39.2 Å². The lowest BCUT2D eigenvalue weighted by atomic mass is 9.97. The van der Waals surface area contributed by atoms with E-state index >= 15 is 0 Å². The van der Waals surface area contributed by atoms with E-state index in [4.69, 9.17) is 9.47 Å². The third-order valence-electron chi connectivity index (χ3n) is 4.03. The Morgan fingerprint density at radius 1 is 1.14 bits per heavy atom. The van der Waals surface area contributed by atoms with Crippen molar-refractivity contribution < 1.29 is 32.6 Å². The normalized spacial score (nSPS) is 15.1. The molecule has 1 aliphatic heterocycles. The van der Waals surface area contributed by atoms with E-state index in [9.17, 15) is 23.2 Å². The van der Waals surface area contributed by atoms with E-state index in [1.807, 2.05) is 0 Å². The molecule has 2 rings (SSSR count). The summed E-state index contributed by atoms with van der Waals surface area (Å²) in [5.41, 5.74) is -0.529. The number of rotatable bonds is 4. The van der Waals surface area contributed by atoms with E-state index in [2.05, 4.69) is 5.32 Å². The van der Waals surface area contributed by atoms with E-state index in [1.165, 1.54) is 11.0 Å². The quantitative estimate of drug-likeness (QED) is 0.788. The molecule has 28 heavy (non-hydrogen) atoms. The van der Waals surface area contributed by atoms with Gasteiger partial charge in [-0.1, -0.05) is 0 Å². The molecule has 154 valence electrons. The molecule has 0 spiro atoms. The van der Waals surface area contributed by atoms with Gasteiger partial charge in [-0.05, 0) is 45.7 Å². The Morgan fingerprint density at radius 2 is 1.79 bits per heavy atom. The van der Waals surface area contributed by atoms with Crippen LogP contribution < -0.4 is 5.32 Å². The van der Waals surface area contributed by atoms with Gasteiger partial charge in [0, 0.05) is 24.8 Å². The molecule has 1 heterocycles. The number of piperidine rings is 1. The number of esters is 1. The highest BCUT2D eigenvalue weighted by Crippen LogP contribution is 2.21. The largest absolute Gasteiger partial charge is 0.455 e. The molecular weight excluding hydrogens is 374 g/mol. The number of amides is 2. The first kappa shape index (κ1) is 21.6. The molecule has 0 aromatic heterocycles. The lowest BCUT2D eigenvalue weighted by molar-refractivity contribution is -0.153. The lowest BCUT2D eigenvalue weighted by Crippen LogP contribution is -2.43. The standard InChI is InChI=1S/C19H24F2N2O5/c1-19(2,3)28-18(26)23-8-6-12(7-9-23)17(25)27-11-16(24)22-13-4-5-14(20)15(21)10-13/h4-5,10,12H,6-9,11H2,1-3H3,(H,22,24). The van der Waals surface area contributed by atoms with Crippen LogP contribution in [0.3, 0.4) is 0 Å². The Morgan fingerprint density at radius 3 is 2.36 bits per heavy atom. The van der Waals surface area contributed by atoms with Gasteiger partial charge in [0.1, 0.15) is 5.60 Å². The molecule has 0 bridgehead atoms. The van der Waals surface area contributed by atoms with Crippen LogP contribution in [0.4, 0.5) is 19.3 Å². The van der Waals surface area contributed by atoms with Crippen molar-refractivity contribution in [1.82, 2.24) is 4.90 Å². The Bertz CT molecular complexity index is 740. The number of nitrogens with one attached hydrogen (secondary N) is 1. The molecule has 1 aliphatic rings. The van der Waals surface area contributed by atoms with E-state index in [0.29, 0.717) is 25.9 Å². The maximum atomic E-state index is 13.1. The molecular formula is C19H24F2N2O5. The summed E-state index contributed by atoms with van der Waals surface area (Å²) in [6.45, 7) is 5.51. The van der Waals surface area contributed by atoms with Gasteiger partial charge in [-0.3, -0.25) is 9.59 Å². The first-order valence-electron chi connectivity index (χ1n) is 8.94. The van der Waals surface area contributed by atoms with Crippen molar-refractivity contribution in [2.75, 3.05) is 25.0 Å². The number of ether oxygens (including phenoxy) is 2. The zero-order valence-corrected chi connectivity index (χ0v) is 16.1. The van der Waals surface area contributed by atoms with Crippen molar-refractivity contribution in [3.05, 3.63) is 29.8 Å². The second-order valence-corrected chi connectivity index (χ2v) is 7.53. The van der Waals surface area contributed by atoms with Crippen LogP contribution in [-0.4, -0.2) is 48.2 Å². The molecule has 0 unspecified atom stereocenters. The van der Waals surface area contributed by atoms with Crippen molar-refractivity contribution in [2.24, 2.45) is 5.92 Å². The minimum Gasteiger partial charge on any atom is -0.455 e. The lowest BCUT2D eigenvalue weighted by Gasteiger charge is -2.32. The van der Waals surface area contributed by atoms with E-state index in [1.54, 1.807) is 20.8 Å². The van der Waals surface area contributed by atoms with Crippen LogP contribution in [0.25, 0.3) is 0 Å². The minimum atomic E-state index is -1.09.